The average molecular weight is 237 g/mol. The third kappa shape index (κ3) is 2.89. The van der Waals surface area contributed by atoms with Gasteiger partial charge in [-0.25, -0.2) is 0 Å². The van der Waals surface area contributed by atoms with Gasteiger partial charge in [0.1, 0.15) is 5.75 Å². The molecule has 0 saturated heterocycles. The quantitative estimate of drug-likeness (QED) is 0.814. The Labute approximate surface area is 107 Å². The van der Waals surface area contributed by atoms with Gasteiger partial charge in [-0.2, -0.15) is 5.26 Å². The van der Waals surface area contributed by atoms with Crippen LogP contribution in [0.2, 0.25) is 0 Å². The van der Waals surface area contributed by atoms with Crippen molar-refractivity contribution in [2.24, 2.45) is 0 Å². The summed E-state index contributed by atoms with van der Waals surface area (Å²) in [6.07, 6.45) is 0.740. The average Bonchev–Trinajstić information content (AvgIpc) is 2.46. The zero-order valence-corrected chi connectivity index (χ0v) is 10.3. The molecule has 2 rings (SSSR count). The van der Waals surface area contributed by atoms with E-state index in [1.807, 2.05) is 54.6 Å². The molecule has 2 aromatic carbocycles. The maximum absolute atomic E-state index is 9.29. The topological polar surface area (TPSA) is 33.0 Å². The molecule has 0 radical (unpaired) electrons. The first-order valence-electron chi connectivity index (χ1n) is 5.91. The number of nitriles is 1. The Morgan fingerprint density at radius 1 is 1.06 bits per heavy atom. The van der Waals surface area contributed by atoms with Gasteiger partial charge in [-0.15, -0.1) is 0 Å². The van der Waals surface area contributed by atoms with Crippen LogP contribution in [0.25, 0.3) is 0 Å². The highest BCUT2D eigenvalue weighted by Crippen LogP contribution is 2.22. The Morgan fingerprint density at radius 3 is 2.28 bits per heavy atom. The van der Waals surface area contributed by atoms with E-state index >= 15 is 0 Å². The molecule has 0 aliphatic heterocycles. The molecule has 0 aromatic heterocycles. The lowest BCUT2D eigenvalue weighted by molar-refractivity contribution is 0.414. The van der Waals surface area contributed by atoms with Crippen LogP contribution in [0.5, 0.6) is 5.75 Å². The van der Waals surface area contributed by atoms with Crippen LogP contribution in [-0.2, 0) is 6.42 Å². The summed E-state index contributed by atoms with van der Waals surface area (Å²) in [6, 6.07) is 20.1. The molecule has 0 amide bonds. The molecule has 90 valence electrons. The maximum Gasteiger partial charge on any atom is 0.118 e. The molecule has 1 atom stereocenters. The largest absolute Gasteiger partial charge is 0.497 e. The van der Waals surface area contributed by atoms with Gasteiger partial charge in [0.15, 0.2) is 0 Å². The van der Waals surface area contributed by atoms with Gasteiger partial charge in [0, 0.05) is 0 Å². The lowest BCUT2D eigenvalue weighted by atomic mass is 9.93. The lowest BCUT2D eigenvalue weighted by Gasteiger charge is -2.10. The molecule has 2 heteroatoms. The number of methoxy groups -OCH3 is 1. The summed E-state index contributed by atoms with van der Waals surface area (Å²) < 4.78 is 5.12. The van der Waals surface area contributed by atoms with E-state index in [4.69, 9.17) is 4.74 Å². The summed E-state index contributed by atoms with van der Waals surface area (Å²) in [6.45, 7) is 0. The molecule has 2 nitrogen and oxygen atoms in total. The van der Waals surface area contributed by atoms with Crippen LogP contribution >= 0.6 is 0 Å². The highest BCUT2D eigenvalue weighted by Gasteiger charge is 2.11. The van der Waals surface area contributed by atoms with Crippen LogP contribution in [0.4, 0.5) is 0 Å². The van der Waals surface area contributed by atoms with E-state index in [1.165, 1.54) is 5.56 Å². The zero-order valence-electron chi connectivity index (χ0n) is 10.3. The van der Waals surface area contributed by atoms with E-state index in [1.54, 1.807) is 7.11 Å². The standard InChI is InChI=1S/C16H15NO/c1-18-16-9-7-14(8-10-16)15(12-17)11-13-5-3-2-4-6-13/h2-10,15H,11H2,1H3/t15-/m0/s1. The van der Waals surface area contributed by atoms with Crippen molar-refractivity contribution in [3.8, 4) is 11.8 Å². The Kier molecular flexibility index (Phi) is 3.98. The Morgan fingerprint density at radius 2 is 1.72 bits per heavy atom. The molecule has 2 aromatic rings. The minimum Gasteiger partial charge on any atom is -0.497 e. The monoisotopic (exact) mass is 237 g/mol. The van der Waals surface area contributed by atoms with Crippen molar-refractivity contribution in [1.82, 2.24) is 0 Å². The van der Waals surface area contributed by atoms with Crippen LogP contribution in [0.1, 0.15) is 17.0 Å². The van der Waals surface area contributed by atoms with Crippen LogP contribution in [-0.4, -0.2) is 7.11 Å². The van der Waals surface area contributed by atoms with Gasteiger partial charge in [0.05, 0.1) is 19.1 Å². The molecule has 0 saturated carbocycles. The van der Waals surface area contributed by atoms with Crippen molar-refractivity contribution in [3.63, 3.8) is 0 Å². The van der Waals surface area contributed by atoms with Crippen LogP contribution in [0.15, 0.2) is 54.6 Å². The predicted octanol–water partition coefficient (Wildman–Crippen LogP) is 3.55. The SMILES string of the molecule is COc1ccc([C@H](C#N)Cc2ccccc2)cc1. The first kappa shape index (κ1) is 12.2. The van der Waals surface area contributed by atoms with Crippen molar-refractivity contribution >= 4 is 0 Å². The van der Waals surface area contributed by atoms with Gasteiger partial charge in [-0.05, 0) is 29.7 Å². The highest BCUT2D eigenvalue weighted by molar-refractivity contribution is 5.33. The molecule has 0 N–H and O–H groups in total. The van der Waals surface area contributed by atoms with Crippen LogP contribution < -0.4 is 4.74 Å². The summed E-state index contributed by atoms with van der Waals surface area (Å²) in [5, 5.41) is 9.29. The molecular formula is C16H15NO. The number of nitrogens with zero attached hydrogens (tertiary/aromatic N) is 1. The van der Waals surface area contributed by atoms with E-state index in [9.17, 15) is 5.26 Å². The predicted molar refractivity (Wildman–Crippen MR) is 71.5 cm³/mol. The fourth-order valence-electron chi connectivity index (χ4n) is 1.92. The molecule has 0 spiro atoms. The first-order chi connectivity index (χ1) is 8.83. The summed E-state index contributed by atoms with van der Waals surface area (Å²) >= 11 is 0. The third-order valence-electron chi connectivity index (χ3n) is 2.96. The smallest absolute Gasteiger partial charge is 0.118 e. The molecule has 0 heterocycles. The second-order valence-corrected chi connectivity index (χ2v) is 4.14. The summed E-state index contributed by atoms with van der Waals surface area (Å²) in [5.74, 6) is 0.702. The van der Waals surface area contributed by atoms with Crippen molar-refractivity contribution < 1.29 is 4.74 Å². The second kappa shape index (κ2) is 5.88. The van der Waals surface area contributed by atoms with Gasteiger partial charge < -0.3 is 4.74 Å². The molecule has 0 aliphatic carbocycles. The molecule has 0 unspecified atom stereocenters. The fraction of sp³-hybridized carbons (Fsp3) is 0.188. The van der Waals surface area contributed by atoms with Gasteiger partial charge >= 0.3 is 0 Å². The van der Waals surface area contributed by atoms with E-state index < -0.39 is 0 Å². The minimum atomic E-state index is -0.113. The Bertz CT molecular complexity index is 525. The highest BCUT2D eigenvalue weighted by atomic mass is 16.5. The minimum absolute atomic E-state index is 0.113. The first-order valence-corrected chi connectivity index (χ1v) is 5.91. The summed E-state index contributed by atoms with van der Waals surface area (Å²) in [5.41, 5.74) is 2.21. The molecule has 0 fully saturated rings. The number of benzene rings is 2. The second-order valence-electron chi connectivity index (χ2n) is 4.14. The van der Waals surface area contributed by atoms with E-state index in [-0.39, 0.29) is 5.92 Å². The fourth-order valence-corrected chi connectivity index (χ4v) is 1.92. The van der Waals surface area contributed by atoms with Crippen LogP contribution in [0.3, 0.4) is 0 Å². The molecular weight excluding hydrogens is 222 g/mol. The maximum atomic E-state index is 9.29. The number of rotatable bonds is 4. The third-order valence-corrected chi connectivity index (χ3v) is 2.96. The van der Waals surface area contributed by atoms with Crippen molar-refractivity contribution in [2.45, 2.75) is 12.3 Å². The Balaban J connectivity index is 2.16. The summed E-state index contributed by atoms with van der Waals surface area (Å²) in [4.78, 5) is 0. The molecule has 0 bridgehead atoms. The molecule has 0 aliphatic rings. The van der Waals surface area contributed by atoms with Crippen molar-refractivity contribution in [1.29, 1.82) is 5.26 Å². The van der Waals surface area contributed by atoms with Gasteiger partial charge in [-0.1, -0.05) is 42.5 Å². The molecule has 18 heavy (non-hydrogen) atoms. The van der Waals surface area contributed by atoms with Gasteiger partial charge in [0.2, 0.25) is 0 Å². The number of hydrogen-bond donors (Lipinski definition) is 0. The number of hydrogen-bond acceptors (Lipinski definition) is 2. The van der Waals surface area contributed by atoms with E-state index in [0.717, 1.165) is 17.7 Å². The summed E-state index contributed by atoms with van der Waals surface area (Å²) in [7, 11) is 1.64. The van der Waals surface area contributed by atoms with Crippen LogP contribution in [0, 0.1) is 11.3 Å². The zero-order chi connectivity index (χ0) is 12.8. The normalized spacial score (nSPS) is 11.6. The van der Waals surface area contributed by atoms with E-state index in [0.29, 0.717) is 0 Å². The number of ether oxygens (including phenoxy) is 1. The van der Waals surface area contributed by atoms with Gasteiger partial charge in [-0.3, -0.25) is 0 Å². The van der Waals surface area contributed by atoms with Crippen molar-refractivity contribution in [2.75, 3.05) is 7.11 Å². The van der Waals surface area contributed by atoms with Crippen molar-refractivity contribution in [3.05, 3.63) is 65.7 Å². The lowest BCUT2D eigenvalue weighted by Crippen LogP contribution is -2.00. The van der Waals surface area contributed by atoms with E-state index in [2.05, 4.69) is 6.07 Å². The van der Waals surface area contributed by atoms with Gasteiger partial charge in [0.25, 0.3) is 0 Å². The Hall–Kier alpha value is -2.27.